The van der Waals surface area contributed by atoms with E-state index < -0.39 is 6.10 Å². The number of pyridine rings is 2. The Balaban J connectivity index is 1.40. The first-order chi connectivity index (χ1) is 14.6. The van der Waals surface area contributed by atoms with Crippen molar-refractivity contribution in [1.82, 2.24) is 20.6 Å². The van der Waals surface area contributed by atoms with Crippen LogP contribution in [0.15, 0.2) is 48.9 Å². The monoisotopic (exact) mass is 412 g/mol. The second kappa shape index (κ2) is 11.4. The Bertz CT molecular complexity index is 803. The molecule has 3 atom stereocenters. The van der Waals surface area contributed by atoms with Crippen molar-refractivity contribution in [3.05, 3.63) is 60.2 Å². The van der Waals surface area contributed by atoms with Gasteiger partial charge in [0.05, 0.1) is 31.6 Å². The maximum absolute atomic E-state index is 12.3. The summed E-state index contributed by atoms with van der Waals surface area (Å²) in [7, 11) is 0. The lowest BCUT2D eigenvalue weighted by atomic mass is 9.96. The largest absolute Gasteiger partial charge is 0.394 e. The topological polar surface area (TPSA) is 113 Å². The first kappa shape index (κ1) is 21.9. The highest BCUT2D eigenvalue weighted by atomic mass is 16.5. The number of amides is 2. The van der Waals surface area contributed by atoms with Gasteiger partial charge in [-0.25, -0.2) is 0 Å². The molecule has 2 aromatic heterocycles. The minimum absolute atomic E-state index is 0.0802. The van der Waals surface area contributed by atoms with Gasteiger partial charge in [-0.2, -0.15) is 0 Å². The lowest BCUT2D eigenvalue weighted by Gasteiger charge is -2.36. The van der Waals surface area contributed by atoms with E-state index in [0.717, 1.165) is 12.0 Å². The van der Waals surface area contributed by atoms with Crippen LogP contribution in [-0.4, -0.2) is 58.3 Å². The van der Waals surface area contributed by atoms with Crippen molar-refractivity contribution < 1.29 is 19.4 Å². The number of aliphatic hydroxyl groups is 1. The molecule has 0 aliphatic carbocycles. The van der Waals surface area contributed by atoms with Crippen LogP contribution in [0.1, 0.15) is 30.5 Å². The minimum atomic E-state index is -0.527. The van der Waals surface area contributed by atoms with Crippen LogP contribution >= 0.6 is 0 Å². The molecule has 0 saturated carbocycles. The number of nitrogens with one attached hydrogen (secondary N) is 2. The van der Waals surface area contributed by atoms with Crippen molar-refractivity contribution in [2.75, 3.05) is 13.2 Å². The van der Waals surface area contributed by atoms with Gasteiger partial charge in [0, 0.05) is 30.8 Å². The zero-order valence-corrected chi connectivity index (χ0v) is 16.9. The molecule has 2 aromatic rings. The second-order valence-corrected chi connectivity index (χ2v) is 7.39. The predicted octanol–water partition coefficient (Wildman–Crippen LogP) is 0.793. The van der Waals surface area contributed by atoms with Gasteiger partial charge >= 0.3 is 0 Å². The molecule has 0 radical (unpaired) electrons. The van der Waals surface area contributed by atoms with E-state index in [-0.39, 0.29) is 43.4 Å². The smallest absolute Gasteiger partial charge is 0.226 e. The molecule has 3 heterocycles. The van der Waals surface area contributed by atoms with Crippen molar-refractivity contribution in [2.24, 2.45) is 0 Å². The molecule has 3 N–H and O–H groups in total. The molecule has 1 saturated heterocycles. The summed E-state index contributed by atoms with van der Waals surface area (Å²) in [6.45, 7) is 0.333. The van der Waals surface area contributed by atoms with Gasteiger partial charge in [0.15, 0.2) is 0 Å². The molecule has 3 rings (SSSR count). The fourth-order valence-corrected chi connectivity index (χ4v) is 3.55. The van der Waals surface area contributed by atoms with Crippen LogP contribution in [0.5, 0.6) is 0 Å². The SMILES string of the molecule is O=C(C[C@H]1CC[C@@H](NC(=O)Cc2ccccn2)[C@@H](CO)O1)NCCc1ccncc1. The number of aromatic nitrogens is 2. The van der Waals surface area contributed by atoms with E-state index in [1.807, 2.05) is 18.2 Å². The normalized spacial score (nSPS) is 21.0. The molecular formula is C22H28N4O4. The fourth-order valence-electron chi connectivity index (χ4n) is 3.55. The van der Waals surface area contributed by atoms with E-state index in [1.54, 1.807) is 30.7 Å². The highest BCUT2D eigenvalue weighted by Crippen LogP contribution is 2.22. The van der Waals surface area contributed by atoms with E-state index in [9.17, 15) is 14.7 Å². The molecule has 0 unspecified atom stereocenters. The highest BCUT2D eigenvalue weighted by Gasteiger charge is 2.32. The number of rotatable bonds is 9. The quantitative estimate of drug-likeness (QED) is 0.561. The third kappa shape index (κ3) is 6.89. The summed E-state index contributed by atoms with van der Waals surface area (Å²) < 4.78 is 5.89. The van der Waals surface area contributed by atoms with Gasteiger partial charge in [0.25, 0.3) is 0 Å². The molecule has 1 aliphatic heterocycles. The Kier molecular flexibility index (Phi) is 8.29. The Hall–Kier alpha value is -2.84. The van der Waals surface area contributed by atoms with Crippen LogP contribution in [-0.2, 0) is 27.2 Å². The third-order valence-corrected chi connectivity index (χ3v) is 5.11. The van der Waals surface area contributed by atoms with Crippen LogP contribution in [0.4, 0.5) is 0 Å². The van der Waals surface area contributed by atoms with Gasteiger partial charge in [0.2, 0.25) is 11.8 Å². The van der Waals surface area contributed by atoms with Crippen molar-refractivity contribution in [2.45, 2.75) is 50.4 Å². The molecule has 0 spiro atoms. The Morgan fingerprint density at radius 1 is 1.10 bits per heavy atom. The molecule has 0 bridgehead atoms. The maximum atomic E-state index is 12.3. The molecular weight excluding hydrogens is 384 g/mol. The summed E-state index contributed by atoms with van der Waals surface area (Å²) in [5.41, 5.74) is 1.80. The van der Waals surface area contributed by atoms with Crippen LogP contribution in [0.3, 0.4) is 0 Å². The van der Waals surface area contributed by atoms with Crippen molar-refractivity contribution >= 4 is 11.8 Å². The number of hydrogen-bond acceptors (Lipinski definition) is 6. The minimum Gasteiger partial charge on any atom is -0.394 e. The number of hydrogen-bond donors (Lipinski definition) is 3. The predicted molar refractivity (Wildman–Crippen MR) is 110 cm³/mol. The van der Waals surface area contributed by atoms with E-state index in [4.69, 9.17) is 4.74 Å². The molecule has 160 valence electrons. The van der Waals surface area contributed by atoms with E-state index in [0.29, 0.717) is 25.1 Å². The average Bonchev–Trinajstić information content (AvgIpc) is 2.76. The fraction of sp³-hybridized carbons (Fsp3) is 0.455. The third-order valence-electron chi connectivity index (χ3n) is 5.11. The number of nitrogens with zero attached hydrogens (tertiary/aromatic N) is 2. The van der Waals surface area contributed by atoms with Gasteiger partial charge < -0.3 is 20.5 Å². The number of carbonyl (C=O) groups is 2. The summed E-state index contributed by atoms with van der Waals surface area (Å²) in [6.07, 6.45) is 6.75. The summed E-state index contributed by atoms with van der Waals surface area (Å²) in [5, 5.41) is 15.5. The average molecular weight is 412 g/mol. The van der Waals surface area contributed by atoms with Gasteiger partial charge in [-0.15, -0.1) is 0 Å². The zero-order chi connectivity index (χ0) is 21.2. The first-order valence-corrected chi connectivity index (χ1v) is 10.2. The standard InChI is InChI=1S/C22H28N4O4/c27-15-20-19(26-22(29)13-17-3-1-2-9-24-17)5-4-18(30-20)14-21(28)25-12-8-16-6-10-23-11-7-16/h1-3,6-7,9-11,18-20,27H,4-5,8,12-15H2,(H,25,28)(H,26,29)/t18-,19-,20-/m1/s1. The van der Waals surface area contributed by atoms with E-state index >= 15 is 0 Å². The highest BCUT2D eigenvalue weighted by molar-refractivity contribution is 5.78. The zero-order valence-electron chi connectivity index (χ0n) is 16.9. The van der Waals surface area contributed by atoms with Crippen LogP contribution in [0.2, 0.25) is 0 Å². The van der Waals surface area contributed by atoms with Gasteiger partial charge in [-0.1, -0.05) is 6.07 Å². The summed E-state index contributed by atoms with van der Waals surface area (Å²) in [5.74, 6) is -0.239. The van der Waals surface area contributed by atoms with Crippen LogP contribution < -0.4 is 10.6 Å². The lowest BCUT2D eigenvalue weighted by Crippen LogP contribution is -2.51. The molecule has 1 aliphatic rings. The summed E-state index contributed by atoms with van der Waals surface area (Å²) in [4.78, 5) is 32.6. The van der Waals surface area contributed by atoms with Crippen LogP contribution in [0, 0.1) is 0 Å². The maximum Gasteiger partial charge on any atom is 0.226 e. The van der Waals surface area contributed by atoms with Crippen molar-refractivity contribution in [3.63, 3.8) is 0 Å². The summed E-state index contributed by atoms with van der Waals surface area (Å²) in [6, 6.07) is 8.99. The Morgan fingerprint density at radius 2 is 1.93 bits per heavy atom. The van der Waals surface area contributed by atoms with E-state index in [2.05, 4.69) is 20.6 Å². The van der Waals surface area contributed by atoms with Gasteiger partial charge in [0.1, 0.15) is 6.10 Å². The van der Waals surface area contributed by atoms with Crippen molar-refractivity contribution in [3.8, 4) is 0 Å². The molecule has 0 aromatic carbocycles. The molecule has 8 nitrogen and oxygen atoms in total. The Labute approximate surface area is 176 Å². The van der Waals surface area contributed by atoms with Crippen molar-refractivity contribution in [1.29, 1.82) is 0 Å². The lowest BCUT2D eigenvalue weighted by molar-refractivity contribution is -0.135. The van der Waals surface area contributed by atoms with Crippen LogP contribution in [0.25, 0.3) is 0 Å². The van der Waals surface area contributed by atoms with Gasteiger partial charge in [-0.3, -0.25) is 19.6 Å². The van der Waals surface area contributed by atoms with Gasteiger partial charge in [-0.05, 0) is 49.1 Å². The first-order valence-electron chi connectivity index (χ1n) is 10.2. The molecule has 2 amide bonds. The summed E-state index contributed by atoms with van der Waals surface area (Å²) >= 11 is 0. The molecule has 1 fully saturated rings. The number of aliphatic hydroxyl groups excluding tert-OH is 1. The molecule has 30 heavy (non-hydrogen) atoms. The Morgan fingerprint density at radius 3 is 2.67 bits per heavy atom. The van der Waals surface area contributed by atoms with E-state index in [1.165, 1.54) is 0 Å². The number of ether oxygens (including phenoxy) is 1. The second-order valence-electron chi connectivity index (χ2n) is 7.39. The molecule has 8 heteroatoms. The number of carbonyl (C=O) groups excluding carboxylic acids is 2.